The zero-order valence-corrected chi connectivity index (χ0v) is 16.6. The number of ether oxygens (including phenoxy) is 1. The molecule has 5 nitrogen and oxygen atoms in total. The summed E-state index contributed by atoms with van der Waals surface area (Å²) in [6.45, 7) is 6.07. The summed E-state index contributed by atoms with van der Waals surface area (Å²) in [5.74, 6) is -1.66. The van der Waals surface area contributed by atoms with Gasteiger partial charge in [-0.2, -0.15) is 0 Å². The smallest absolute Gasteiger partial charge is 0.410 e. The number of likely N-dealkylation sites (tertiary alicyclic amines) is 1. The molecule has 0 radical (unpaired) electrons. The fourth-order valence-corrected chi connectivity index (χ4v) is 3.65. The third kappa shape index (κ3) is 4.71. The molecular formula is C23H27NO4. The molecule has 2 atom stereocenters. The van der Waals surface area contributed by atoms with E-state index in [-0.39, 0.29) is 12.5 Å². The predicted molar refractivity (Wildman–Crippen MR) is 108 cm³/mol. The van der Waals surface area contributed by atoms with Gasteiger partial charge in [0.2, 0.25) is 0 Å². The maximum Gasteiger partial charge on any atom is 0.410 e. The van der Waals surface area contributed by atoms with Gasteiger partial charge in [-0.05, 0) is 43.9 Å². The normalized spacial score (nSPS) is 19.9. The van der Waals surface area contributed by atoms with Crippen molar-refractivity contribution in [3.8, 4) is 11.1 Å². The highest BCUT2D eigenvalue weighted by atomic mass is 16.6. The van der Waals surface area contributed by atoms with Crippen molar-refractivity contribution in [3.05, 3.63) is 60.2 Å². The quantitative estimate of drug-likeness (QED) is 0.831. The minimum Gasteiger partial charge on any atom is -0.481 e. The van der Waals surface area contributed by atoms with Gasteiger partial charge >= 0.3 is 12.1 Å². The van der Waals surface area contributed by atoms with Crippen molar-refractivity contribution < 1.29 is 19.4 Å². The number of aliphatic carboxylic acids is 1. The second-order valence-electron chi connectivity index (χ2n) is 8.25. The van der Waals surface area contributed by atoms with Crippen LogP contribution in [-0.4, -0.2) is 40.8 Å². The fraction of sp³-hybridized carbons (Fsp3) is 0.391. The van der Waals surface area contributed by atoms with Crippen molar-refractivity contribution in [3.63, 3.8) is 0 Å². The summed E-state index contributed by atoms with van der Waals surface area (Å²) < 4.78 is 5.40. The topological polar surface area (TPSA) is 66.8 Å². The number of piperidine rings is 1. The van der Waals surface area contributed by atoms with Crippen LogP contribution < -0.4 is 0 Å². The number of nitrogens with zero attached hydrogens (tertiary/aromatic N) is 1. The Morgan fingerprint density at radius 2 is 1.61 bits per heavy atom. The van der Waals surface area contributed by atoms with Gasteiger partial charge in [0.15, 0.2) is 0 Å². The summed E-state index contributed by atoms with van der Waals surface area (Å²) in [6, 6.07) is 18.1. The number of rotatable bonds is 3. The lowest BCUT2D eigenvalue weighted by Crippen LogP contribution is -2.47. The van der Waals surface area contributed by atoms with Gasteiger partial charge in [0.05, 0.1) is 5.92 Å². The Morgan fingerprint density at radius 1 is 1.00 bits per heavy atom. The molecule has 3 rings (SSSR count). The van der Waals surface area contributed by atoms with E-state index in [1.807, 2.05) is 54.6 Å². The Balaban J connectivity index is 1.75. The van der Waals surface area contributed by atoms with Crippen LogP contribution in [0, 0.1) is 5.92 Å². The SMILES string of the molecule is CC(C)(C)OC(=O)N1CC[C@@H](c2ccc(-c3ccccc3)cc2)[C@@H](C(=O)O)C1. The predicted octanol–water partition coefficient (Wildman–Crippen LogP) is 4.78. The summed E-state index contributed by atoms with van der Waals surface area (Å²) >= 11 is 0. The van der Waals surface area contributed by atoms with Crippen molar-refractivity contribution in [2.75, 3.05) is 13.1 Å². The van der Waals surface area contributed by atoms with Crippen molar-refractivity contribution in [2.45, 2.75) is 38.7 Å². The van der Waals surface area contributed by atoms with E-state index in [1.165, 1.54) is 4.90 Å². The number of hydrogen-bond acceptors (Lipinski definition) is 3. The number of carboxylic acid groups (broad SMARTS) is 1. The van der Waals surface area contributed by atoms with Gasteiger partial charge in [0.1, 0.15) is 5.60 Å². The Morgan fingerprint density at radius 3 is 2.18 bits per heavy atom. The van der Waals surface area contributed by atoms with E-state index in [4.69, 9.17) is 4.74 Å². The van der Waals surface area contributed by atoms with E-state index in [9.17, 15) is 14.7 Å². The highest BCUT2D eigenvalue weighted by Gasteiger charge is 2.38. The second-order valence-corrected chi connectivity index (χ2v) is 8.25. The van der Waals surface area contributed by atoms with Crippen LogP contribution >= 0.6 is 0 Å². The third-order valence-electron chi connectivity index (χ3n) is 5.03. The lowest BCUT2D eigenvalue weighted by atomic mass is 9.80. The lowest BCUT2D eigenvalue weighted by Gasteiger charge is -2.37. The largest absolute Gasteiger partial charge is 0.481 e. The number of amides is 1. The molecule has 0 aromatic heterocycles. The van der Waals surface area contributed by atoms with E-state index in [0.717, 1.165) is 16.7 Å². The number of carbonyl (C=O) groups is 2. The molecule has 28 heavy (non-hydrogen) atoms. The molecule has 1 aliphatic rings. The summed E-state index contributed by atoms with van der Waals surface area (Å²) in [6.07, 6.45) is 0.151. The van der Waals surface area contributed by atoms with E-state index < -0.39 is 23.6 Å². The summed E-state index contributed by atoms with van der Waals surface area (Å²) in [4.78, 5) is 25.8. The first kappa shape index (κ1) is 19.9. The standard InChI is InChI=1S/C23H27NO4/c1-23(2,3)28-22(27)24-14-13-19(20(15-24)21(25)26)18-11-9-17(10-12-18)16-7-5-4-6-8-16/h4-12,19-20H,13-15H2,1-3H3,(H,25,26)/t19-,20-/m0/s1. The molecular weight excluding hydrogens is 354 g/mol. The lowest BCUT2D eigenvalue weighted by molar-refractivity contribution is -0.144. The molecule has 1 amide bonds. The first-order valence-corrected chi connectivity index (χ1v) is 9.61. The Bertz CT molecular complexity index is 824. The van der Waals surface area contributed by atoms with Crippen molar-refractivity contribution in [2.24, 2.45) is 5.92 Å². The number of carbonyl (C=O) groups excluding carboxylic acids is 1. The van der Waals surface area contributed by atoms with Gasteiger partial charge in [-0.15, -0.1) is 0 Å². The first-order valence-electron chi connectivity index (χ1n) is 9.61. The van der Waals surface area contributed by atoms with Gasteiger partial charge in [0, 0.05) is 19.0 Å². The molecule has 0 spiro atoms. The van der Waals surface area contributed by atoms with E-state index in [0.29, 0.717) is 13.0 Å². The Labute approximate surface area is 165 Å². The zero-order chi connectivity index (χ0) is 20.3. The molecule has 1 heterocycles. The average molecular weight is 381 g/mol. The van der Waals surface area contributed by atoms with Crippen LogP contribution in [0.25, 0.3) is 11.1 Å². The van der Waals surface area contributed by atoms with E-state index >= 15 is 0 Å². The minimum absolute atomic E-state index is 0.124. The van der Waals surface area contributed by atoms with E-state index in [1.54, 1.807) is 20.8 Å². The number of hydrogen-bond donors (Lipinski definition) is 1. The highest BCUT2D eigenvalue weighted by Crippen LogP contribution is 2.35. The third-order valence-corrected chi connectivity index (χ3v) is 5.03. The van der Waals surface area contributed by atoms with Gasteiger partial charge in [-0.25, -0.2) is 4.79 Å². The van der Waals surface area contributed by atoms with Crippen molar-refractivity contribution in [1.82, 2.24) is 4.90 Å². The summed E-state index contributed by atoms with van der Waals surface area (Å²) in [7, 11) is 0. The van der Waals surface area contributed by atoms with Gasteiger partial charge in [-0.1, -0.05) is 54.6 Å². The molecule has 1 saturated heterocycles. The number of carboxylic acids is 1. The molecule has 2 aromatic rings. The zero-order valence-electron chi connectivity index (χ0n) is 16.6. The van der Waals surface area contributed by atoms with Gasteiger partial charge < -0.3 is 14.7 Å². The van der Waals surface area contributed by atoms with Crippen molar-refractivity contribution in [1.29, 1.82) is 0 Å². The van der Waals surface area contributed by atoms with Gasteiger partial charge in [0.25, 0.3) is 0 Å². The molecule has 5 heteroatoms. The maximum absolute atomic E-state index is 12.3. The van der Waals surface area contributed by atoms with Crippen LogP contribution in [-0.2, 0) is 9.53 Å². The monoisotopic (exact) mass is 381 g/mol. The second kappa shape index (κ2) is 8.05. The minimum atomic E-state index is -0.884. The molecule has 1 fully saturated rings. The van der Waals surface area contributed by atoms with Crippen LogP contribution in [0.4, 0.5) is 4.79 Å². The van der Waals surface area contributed by atoms with Crippen LogP contribution in [0.2, 0.25) is 0 Å². The number of benzene rings is 2. The highest BCUT2D eigenvalue weighted by molar-refractivity contribution is 5.75. The fourth-order valence-electron chi connectivity index (χ4n) is 3.65. The maximum atomic E-state index is 12.3. The summed E-state index contributed by atoms with van der Waals surface area (Å²) in [5, 5.41) is 9.76. The van der Waals surface area contributed by atoms with Crippen molar-refractivity contribution >= 4 is 12.1 Å². The van der Waals surface area contributed by atoms with Crippen LogP contribution in [0.1, 0.15) is 38.7 Å². The first-order chi connectivity index (χ1) is 13.2. The summed E-state index contributed by atoms with van der Waals surface area (Å²) in [5.41, 5.74) is 2.63. The van der Waals surface area contributed by atoms with Crippen LogP contribution in [0.15, 0.2) is 54.6 Å². The molecule has 0 aliphatic carbocycles. The molecule has 2 aromatic carbocycles. The molecule has 1 N–H and O–H groups in total. The molecule has 0 saturated carbocycles. The Hall–Kier alpha value is -2.82. The molecule has 0 bridgehead atoms. The van der Waals surface area contributed by atoms with E-state index in [2.05, 4.69) is 0 Å². The van der Waals surface area contributed by atoms with Gasteiger partial charge in [-0.3, -0.25) is 4.79 Å². The molecule has 1 aliphatic heterocycles. The van der Waals surface area contributed by atoms with Crippen LogP contribution in [0.3, 0.4) is 0 Å². The molecule has 148 valence electrons. The Kier molecular flexibility index (Phi) is 5.73. The average Bonchev–Trinajstić information content (AvgIpc) is 2.67. The molecule has 0 unspecified atom stereocenters. The van der Waals surface area contributed by atoms with Crippen LogP contribution in [0.5, 0.6) is 0 Å².